The number of fused-ring (bicyclic) bond motifs is 1. The minimum absolute atomic E-state index is 0.00126. The summed E-state index contributed by atoms with van der Waals surface area (Å²) in [4.78, 5) is 81.0. The Bertz CT molecular complexity index is 2070. The standard InChI is InChI=1S/C36H41N5O14/c1-9-49-36(47)27-17(2)51-33-29(28(27)24-12-10-11-13-25(24)48-8)34(46)40(18(3)37-33)14-23-15-41(39-38-23)35-32(54-22(7)45)31(53-21(6)44)30(52-20(5)43)26(55-35)16-50-19(4)42/h10-13,15,26,28,30-32,35H,9,14,16H2,1-8H3/t26-,28?,30-,31+,32-,35-/m1/s1. The van der Waals surface area contributed by atoms with E-state index in [1.54, 1.807) is 45.0 Å². The fraction of sp³-hybridized carbons (Fsp3) is 0.472. The number of carbonyl (C=O) groups excluding carboxylic acids is 5. The lowest BCUT2D eigenvalue weighted by Gasteiger charge is -2.44. The summed E-state index contributed by atoms with van der Waals surface area (Å²) in [7, 11) is 1.47. The Morgan fingerprint density at radius 2 is 1.53 bits per heavy atom. The van der Waals surface area contributed by atoms with Crippen LogP contribution in [0.3, 0.4) is 0 Å². The van der Waals surface area contributed by atoms with Crippen molar-refractivity contribution in [2.75, 3.05) is 20.3 Å². The first-order valence-electron chi connectivity index (χ1n) is 17.2. The Kier molecular flexibility index (Phi) is 12.3. The lowest BCUT2D eigenvalue weighted by molar-refractivity contribution is -0.270. The molecule has 294 valence electrons. The Hall–Kier alpha value is -6.11. The highest BCUT2D eigenvalue weighted by atomic mass is 16.7. The van der Waals surface area contributed by atoms with Crippen molar-refractivity contribution >= 4 is 29.8 Å². The molecule has 0 aliphatic carbocycles. The maximum absolute atomic E-state index is 14.5. The summed E-state index contributed by atoms with van der Waals surface area (Å²) in [5.74, 6) is -3.86. The zero-order chi connectivity index (χ0) is 40.1. The van der Waals surface area contributed by atoms with E-state index in [1.807, 2.05) is 0 Å². The molecule has 0 N–H and O–H groups in total. The minimum atomic E-state index is -1.45. The van der Waals surface area contributed by atoms with E-state index >= 15 is 0 Å². The molecule has 2 aliphatic heterocycles. The highest BCUT2D eigenvalue weighted by molar-refractivity contribution is 5.92. The molecule has 1 unspecified atom stereocenters. The molecule has 19 heteroatoms. The maximum Gasteiger partial charge on any atom is 0.338 e. The quantitative estimate of drug-likeness (QED) is 0.189. The Morgan fingerprint density at radius 3 is 2.16 bits per heavy atom. The Morgan fingerprint density at radius 1 is 0.873 bits per heavy atom. The Balaban J connectivity index is 1.58. The first kappa shape index (κ1) is 40.1. The predicted octanol–water partition coefficient (Wildman–Crippen LogP) is 1.82. The van der Waals surface area contributed by atoms with Gasteiger partial charge in [0.05, 0.1) is 43.5 Å². The molecule has 1 saturated heterocycles. The lowest BCUT2D eigenvalue weighted by atomic mass is 9.83. The molecule has 0 saturated carbocycles. The number of aromatic nitrogens is 5. The normalized spacial score (nSPS) is 21.7. The highest BCUT2D eigenvalue weighted by Crippen LogP contribution is 2.44. The van der Waals surface area contributed by atoms with Crippen LogP contribution in [0.25, 0.3) is 0 Å². The van der Waals surface area contributed by atoms with Crippen LogP contribution in [-0.4, -0.2) is 99.1 Å². The second-order valence-electron chi connectivity index (χ2n) is 12.5. The van der Waals surface area contributed by atoms with Crippen LogP contribution in [0.5, 0.6) is 11.6 Å². The molecule has 55 heavy (non-hydrogen) atoms. The molecule has 19 nitrogen and oxygen atoms in total. The van der Waals surface area contributed by atoms with Crippen LogP contribution in [0.15, 0.2) is 46.6 Å². The molecule has 1 aromatic carbocycles. The zero-order valence-corrected chi connectivity index (χ0v) is 31.4. The largest absolute Gasteiger partial charge is 0.496 e. The molecule has 6 atom stereocenters. The van der Waals surface area contributed by atoms with E-state index in [4.69, 9.17) is 37.9 Å². The van der Waals surface area contributed by atoms with E-state index in [9.17, 15) is 28.8 Å². The Labute approximate surface area is 314 Å². The number of benzene rings is 1. The summed E-state index contributed by atoms with van der Waals surface area (Å²) in [5, 5.41) is 8.39. The molecular weight excluding hydrogens is 726 g/mol. The van der Waals surface area contributed by atoms with Gasteiger partial charge in [0, 0.05) is 33.3 Å². The molecule has 2 aliphatic rings. The average molecular weight is 768 g/mol. The molecule has 4 heterocycles. The molecule has 0 amide bonds. The number of hydrogen-bond acceptors (Lipinski definition) is 17. The number of nitrogens with zero attached hydrogens (tertiary/aromatic N) is 5. The van der Waals surface area contributed by atoms with Crippen molar-refractivity contribution in [3.05, 3.63) is 74.8 Å². The predicted molar refractivity (Wildman–Crippen MR) is 184 cm³/mol. The number of allylic oxidation sites excluding steroid dienone is 1. The smallest absolute Gasteiger partial charge is 0.338 e. The first-order valence-corrected chi connectivity index (χ1v) is 17.2. The first-order chi connectivity index (χ1) is 26.1. The van der Waals surface area contributed by atoms with Crippen LogP contribution in [-0.2, 0) is 58.9 Å². The minimum Gasteiger partial charge on any atom is -0.496 e. The van der Waals surface area contributed by atoms with Gasteiger partial charge in [-0.05, 0) is 26.8 Å². The molecular formula is C36H41N5O14. The average Bonchev–Trinajstić information content (AvgIpc) is 3.58. The lowest BCUT2D eigenvalue weighted by Crippen LogP contribution is -2.60. The SMILES string of the molecule is CCOC(=O)C1=C(C)Oc2nc(C)n(Cc3cn([C@@H]4O[C@H](COC(C)=O)[C@@H](OC(C)=O)[C@H](OC(C)=O)[C@H]4OC(C)=O)nn3)c(=O)c2C1c1ccccc1OC. The summed E-state index contributed by atoms with van der Waals surface area (Å²) < 4.78 is 47.3. The molecule has 0 bridgehead atoms. The number of hydrogen-bond donors (Lipinski definition) is 0. The van der Waals surface area contributed by atoms with Crippen molar-refractivity contribution in [1.29, 1.82) is 0 Å². The highest BCUT2D eigenvalue weighted by Gasteiger charge is 2.53. The van der Waals surface area contributed by atoms with Gasteiger partial charge in [-0.2, -0.15) is 4.98 Å². The second kappa shape index (κ2) is 16.9. The van der Waals surface area contributed by atoms with E-state index in [0.717, 1.165) is 27.7 Å². The van der Waals surface area contributed by atoms with Gasteiger partial charge in [-0.1, -0.05) is 23.4 Å². The molecule has 5 rings (SSSR count). The van der Waals surface area contributed by atoms with Gasteiger partial charge in [0.15, 0.2) is 24.5 Å². The van der Waals surface area contributed by atoms with E-state index in [0.29, 0.717) is 11.3 Å². The van der Waals surface area contributed by atoms with E-state index in [-0.39, 0.29) is 47.4 Å². The third-order valence-electron chi connectivity index (χ3n) is 8.62. The van der Waals surface area contributed by atoms with Crippen LogP contribution in [0.4, 0.5) is 0 Å². The summed E-state index contributed by atoms with van der Waals surface area (Å²) in [6.45, 7) is 8.78. The number of aryl methyl sites for hydroxylation is 1. The third-order valence-corrected chi connectivity index (χ3v) is 8.62. The zero-order valence-electron chi connectivity index (χ0n) is 31.4. The molecule has 0 spiro atoms. The fourth-order valence-corrected chi connectivity index (χ4v) is 6.49. The van der Waals surface area contributed by atoms with E-state index in [2.05, 4.69) is 15.3 Å². The molecule has 2 aromatic heterocycles. The number of carbonyl (C=O) groups is 5. The second-order valence-corrected chi connectivity index (χ2v) is 12.5. The van der Waals surface area contributed by atoms with E-state index < -0.39 is 78.6 Å². The van der Waals surface area contributed by atoms with Gasteiger partial charge < -0.3 is 37.9 Å². The van der Waals surface area contributed by atoms with Crippen molar-refractivity contribution in [2.45, 2.75) is 91.6 Å². The van der Waals surface area contributed by atoms with Crippen molar-refractivity contribution in [3.8, 4) is 11.6 Å². The van der Waals surface area contributed by atoms with Crippen molar-refractivity contribution < 1.29 is 61.9 Å². The summed E-state index contributed by atoms with van der Waals surface area (Å²) in [6.07, 6.45) is -5.46. The van der Waals surface area contributed by atoms with E-state index in [1.165, 1.54) is 22.6 Å². The number of rotatable bonds is 12. The summed E-state index contributed by atoms with van der Waals surface area (Å²) >= 11 is 0. The van der Waals surface area contributed by atoms with Gasteiger partial charge in [0.25, 0.3) is 5.56 Å². The number of methoxy groups -OCH3 is 1. The van der Waals surface area contributed by atoms with Crippen LogP contribution in [0.1, 0.15) is 76.3 Å². The molecule has 3 aromatic rings. The van der Waals surface area contributed by atoms with Crippen molar-refractivity contribution in [3.63, 3.8) is 0 Å². The van der Waals surface area contributed by atoms with Crippen LogP contribution < -0.4 is 15.0 Å². The van der Waals surface area contributed by atoms with Gasteiger partial charge in [0.1, 0.15) is 35.7 Å². The van der Waals surface area contributed by atoms with Crippen molar-refractivity contribution in [2.24, 2.45) is 0 Å². The maximum atomic E-state index is 14.5. The fourth-order valence-electron chi connectivity index (χ4n) is 6.49. The monoisotopic (exact) mass is 767 g/mol. The van der Waals surface area contributed by atoms with Gasteiger partial charge in [-0.15, -0.1) is 5.10 Å². The van der Waals surface area contributed by atoms with Gasteiger partial charge in [-0.25, -0.2) is 9.48 Å². The van der Waals surface area contributed by atoms with Gasteiger partial charge in [0.2, 0.25) is 5.88 Å². The summed E-state index contributed by atoms with van der Waals surface area (Å²) in [5.41, 5.74) is 0.289. The van der Waals surface area contributed by atoms with Gasteiger partial charge >= 0.3 is 29.8 Å². The number of ether oxygens (including phenoxy) is 8. The summed E-state index contributed by atoms with van der Waals surface area (Å²) in [6, 6.07) is 6.93. The topological polar surface area (TPSA) is 225 Å². The number of para-hydroxylation sites is 1. The van der Waals surface area contributed by atoms with Crippen LogP contribution in [0, 0.1) is 6.92 Å². The third kappa shape index (κ3) is 8.66. The van der Waals surface area contributed by atoms with Crippen LogP contribution in [0.2, 0.25) is 0 Å². The molecule has 0 radical (unpaired) electrons. The van der Waals surface area contributed by atoms with Crippen LogP contribution >= 0.6 is 0 Å². The van der Waals surface area contributed by atoms with Crippen molar-refractivity contribution in [1.82, 2.24) is 24.5 Å². The number of esters is 5. The van der Waals surface area contributed by atoms with Gasteiger partial charge in [-0.3, -0.25) is 28.5 Å². The molecule has 1 fully saturated rings.